The van der Waals surface area contributed by atoms with Crippen molar-refractivity contribution in [2.45, 2.75) is 53.6 Å². The molecule has 3 heterocycles. The Kier molecular flexibility index (Phi) is 10.2. The second-order valence-electron chi connectivity index (χ2n) is 12.4. The van der Waals surface area contributed by atoms with Crippen molar-refractivity contribution in [1.29, 1.82) is 0 Å². The van der Waals surface area contributed by atoms with E-state index in [2.05, 4.69) is 29.1 Å². The molecule has 3 saturated heterocycles. The molecule has 2 bridgehead atoms. The third-order valence-electron chi connectivity index (χ3n) is 9.20. The standard InChI is InChI=1S/C35H42BrN3O5S/c1-6-17-37(23-11-9-8-10-12-23)32(41)28-29-33(42)39(25(21-40)19-22(3)4)31(35(29)20-27(36)30(28)45-35)34(43)38(18-7-2)24-13-15-26(44-5)16-14-24/h6-16,22,25,27-31,40H,1-2,17-21H2,3-5H3/t25-,27?,28+,29+,30+,31?,35?/m1/s1. The summed E-state index contributed by atoms with van der Waals surface area (Å²) in [5.74, 6) is -1.19. The molecule has 3 unspecified atom stereocenters. The molecule has 8 nitrogen and oxygen atoms in total. The van der Waals surface area contributed by atoms with Crippen LogP contribution in [-0.4, -0.2) is 81.4 Å². The van der Waals surface area contributed by atoms with Gasteiger partial charge in [0.25, 0.3) is 5.91 Å². The number of halogens is 1. The first kappa shape index (κ1) is 33.3. The van der Waals surface area contributed by atoms with Gasteiger partial charge in [-0.3, -0.25) is 14.4 Å². The summed E-state index contributed by atoms with van der Waals surface area (Å²) in [6.45, 7) is 12.1. The lowest BCUT2D eigenvalue weighted by Gasteiger charge is -2.40. The number of anilines is 2. The van der Waals surface area contributed by atoms with E-state index in [9.17, 15) is 19.5 Å². The molecule has 0 aliphatic carbocycles. The number of methoxy groups -OCH3 is 1. The van der Waals surface area contributed by atoms with Gasteiger partial charge in [0.05, 0.1) is 36.3 Å². The quantitative estimate of drug-likeness (QED) is 0.226. The summed E-state index contributed by atoms with van der Waals surface area (Å²) in [7, 11) is 1.59. The number of fused-ring (bicyclic) bond motifs is 1. The van der Waals surface area contributed by atoms with Gasteiger partial charge >= 0.3 is 0 Å². The monoisotopic (exact) mass is 695 g/mol. The average Bonchev–Trinajstić information content (AvgIpc) is 3.64. The highest BCUT2D eigenvalue weighted by molar-refractivity contribution is 9.09. The maximum atomic E-state index is 15.0. The first-order valence-electron chi connectivity index (χ1n) is 15.4. The summed E-state index contributed by atoms with van der Waals surface area (Å²) in [5, 5.41) is 10.5. The van der Waals surface area contributed by atoms with Crippen molar-refractivity contribution < 1.29 is 24.2 Å². The van der Waals surface area contributed by atoms with Crippen LogP contribution in [0.25, 0.3) is 0 Å². The van der Waals surface area contributed by atoms with Gasteiger partial charge in [0, 0.05) is 34.5 Å². The van der Waals surface area contributed by atoms with Gasteiger partial charge in [0.15, 0.2) is 0 Å². The number of aliphatic hydroxyl groups excluding tert-OH is 1. The number of carbonyl (C=O) groups excluding carboxylic acids is 3. The highest BCUT2D eigenvalue weighted by Crippen LogP contribution is 2.68. The Bertz CT molecular complexity index is 1420. The Labute approximate surface area is 278 Å². The van der Waals surface area contributed by atoms with Crippen molar-refractivity contribution in [2.24, 2.45) is 17.8 Å². The third-order valence-corrected chi connectivity index (χ3v) is 12.4. The van der Waals surface area contributed by atoms with Crippen LogP contribution in [0.2, 0.25) is 0 Å². The zero-order valence-electron chi connectivity index (χ0n) is 26.1. The summed E-state index contributed by atoms with van der Waals surface area (Å²) in [6.07, 6.45) is 4.43. The molecule has 0 saturated carbocycles. The molecular formula is C35H42BrN3O5S. The Morgan fingerprint density at radius 1 is 1.07 bits per heavy atom. The zero-order valence-corrected chi connectivity index (χ0v) is 28.5. The summed E-state index contributed by atoms with van der Waals surface area (Å²) in [6, 6.07) is 15.2. The van der Waals surface area contributed by atoms with Crippen molar-refractivity contribution in [3.63, 3.8) is 0 Å². The van der Waals surface area contributed by atoms with Crippen LogP contribution in [0.15, 0.2) is 79.9 Å². The van der Waals surface area contributed by atoms with Crippen LogP contribution in [-0.2, 0) is 14.4 Å². The Morgan fingerprint density at radius 2 is 1.67 bits per heavy atom. The molecular weight excluding hydrogens is 654 g/mol. The molecule has 5 rings (SSSR count). The molecule has 7 atom stereocenters. The van der Waals surface area contributed by atoms with Crippen LogP contribution in [0.1, 0.15) is 26.7 Å². The summed E-state index contributed by atoms with van der Waals surface area (Å²) in [4.78, 5) is 49.2. The van der Waals surface area contributed by atoms with E-state index < -0.39 is 28.7 Å². The van der Waals surface area contributed by atoms with Crippen LogP contribution >= 0.6 is 27.7 Å². The minimum atomic E-state index is -0.884. The number of para-hydroxylation sites is 1. The lowest BCUT2D eigenvalue weighted by atomic mass is 9.70. The number of hydrogen-bond donors (Lipinski definition) is 1. The third kappa shape index (κ3) is 5.85. The van der Waals surface area contributed by atoms with Crippen molar-refractivity contribution in [2.75, 3.05) is 36.6 Å². The molecule has 1 spiro atoms. The van der Waals surface area contributed by atoms with Crippen molar-refractivity contribution in [1.82, 2.24) is 4.90 Å². The minimum Gasteiger partial charge on any atom is -0.497 e. The topological polar surface area (TPSA) is 90.4 Å². The van der Waals surface area contributed by atoms with Gasteiger partial charge in [-0.05, 0) is 55.2 Å². The van der Waals surface area contributed by atoms with Gasteiger partial charge in [-0.15, -0.1) is 24.9 Å². The highest BCUT2D eigenvalue weighted by Gasteiger charge is 2.76. The summed E-state index contributed by atoms with van der Waals surface area (Å²) >= 11 is 5.47. The Balaban J connectivity index is 1.62. The average molecular weight is 697 g/mol. The minimum absolute atomic E-state index is 0.0800. The molecule has 2 aromatic rings. The molecule has 45 heavy (non-hydrogen) atoms. The van der Waals surface area contributed by atoms with E-state index in [0.717, 1.165) is 5.69 Å². The molecule has 1 N–H and O–H groups in total. The second-order valence-corrected chi connectivity index (χ2v) is 15.1. The van der Waals surface area contributed by atoms with Gasteiger partial charge in [-0.25, -0.2) is 0 Å². The van der Waals surface area contributed by atoms with Gasteiger partial charge in [0.2, 0.25) is 11.8 Å². The maximum Gasteiger partial charge on any atom is 0.251 e. The summed E-state index contributed by atoms with van der Waals surface area (Å²) < 4.78 is 4.48. The number of aliphatic hydroxyl groups is 1. The molecule has 3 fully saturated rings. The van der Waals surface area contributed by atoms with Crippen LogP contribution in [0.4, 0.5) is 11.4 Å². The predicted molar refractivity (Wildman–Crippen MR) is 184 cm³/mol. The fraction of sp³-hybridized carbons (Fsp3) is 0.457. The van der Waals surface area contributed by atoms with Crippen LogP contribution in [0.3, 0.4) is 0 Å². The largest absolute Gasteiger partial charge is 0.497 e. The number of rotatable bonds is 13. The van der Waals surface area contributed by atoms with E-state index in [-0.39, 0.29) is 46.9 Å². The molecule has 3 amide bonds. The Hall–Kier alpha value is -3.08. The van der Waals surface area contributed by atoms with Gasteiger partial charge in [-0.1, -0.05) is 60.1 Å². The molecule has 3 aliphatic rings. The molecule has 2 aromatic carbocycles. The molecule has 0 aromatic heterocycles. The lowest BCUT2D eigenvalue weighted by Crippen LogP contribution is -2.58. The van der Waals surface area contributed by atoms with Gasteiger partial charge < -0.3 is 24.5 Å². The number of hydrogen-bond acceptors (Lipinski definition) is 6. The fourth-order valence-electron chi connectivity index (χ4n) is 7.44. The molecule has 0 radical (unpaired) electrons. The zero-order chi connectivity index (χ0) is 32.5. The lowest BCUT2D eigenvalue weighted by molar-refractivity contribution is -0.142. The highest BCUT2D eigenvalue weighted by atomic mass is 79.9. The maximum absolute atomic E-state index is 15.0. The molecule has 10 heteroatoms. The van der Waals surface area contributed by atoms with Gasteiger partial charge in [0.1, 0.15) is 11.8 Å². The second kappa shape index (κ2) is 13.7. The number of carbonyl (C=O) groups is 3. The van der Waals surface area contributed by atoms with E-state index in [1.54, 1.807) is 57.9 Å². The first-order chi connectivity index (χ1) is 21.6. The fourth-order valence-corrected chi connectivity index (χ4v) is 11.0. The van der Waals surface area contributed by atoms with E-state index in [4.69, 9.17) is 4.74 Å². The number of nitrogens with zero attached hydrogens (tertiary/aromatic N) is 3. The van der Waals surface area contributed by atoms with Crippen molar-refractivity contribution in [3.8, 4) is 5.75 Å². The normalized spacial score (nSPS) is 27.3. The van der Waals surface area contributed by atoms with Crippen molar-refractivity contribution >= 4 is 56.8 Å². The molecule has 3 aliphatic heterocycles. The predicted octanol–water partition coefficient (Wildman–Crippen LogP) is 5.31. The number of alkyl halides is 1. The van der Waals surface area contributed by atoms with Crippen LogP contribution in [0.5, 0.6) is 5.75 Å². The number of ether oxygens (including phenoxy) is 1. The van der Waals surface area contributed by atoms with Crippen molar-refractivity contribution in [3.05, 3.63) is 79.9 Å². The van der Waals surface area contributed by atoms with E-state index in [1.807, 2.05) is 56.3 Å². The first-order valence-corrected chi connectivity index (χ1v) is 17.2. The number of likely N-dealkylation sites (tertiary alicyclic amines) is 1. The number of amides is 3. The van der Waals surface area contributed by atoms with E-state index in [0.29, 0.717) is 30.8 Å². The van der Waals surface area contributed by atoms with Gasteiger partial charge in [-0.2, -0.15) is 0 Å². The van der Waals surface area contributed by atoms with E-state index in [1.165, 1.54) is 0 Å². The van der Waals surface area contributed by atoms with Crippen LogP contribution < -0.4 is 14.5 Å². The molecule has 240 valence electrons. The van der Waals surface area contributed by atoms with Crippen LogP contribution in [0, 0.1) is 17.8 Å². The Morgan fingerprint density at radius 3 is 2.22 bits per heavy atom. The smallest absolute Gasteiger partial charge is 0.251 e. The van der Waals surface area contributed by atoms with E-state index >= 15 is 0 Å². The number of thioether (sulfide) groups is 1. The summed E-state index contributed by atoms with van der Waals surface area (Å²) in [5.41, 5.74) is 1.38. The number of benzene rings is 2. The SMILES string of the molecule is C=CCN(C(=O)C1N([C@@H](CO)CC(C)C)C(=O)[C@@H]2[C@H](C(=O)N(CC=C)c3ccccc3)[C@H]3SC12CC3Br)c1ccc(OC)cc1.